The molecule has 2 heterocycles. The van der Waals surface area contributed by atoms with Crippen LogP contribution in [-0.2, 0) is 6.42 Å². The highest BCUT2D eigenvalue weighted by atomic mass is 35.5. The van der Waals surface area contributed by atoms with Crippen molar-refractivity contribution in [3.05, 3.63) is 35.0 Å². The lowest BCUT2D eigenvalue weighted by atomic mass is 10.1. The Hall–Kier alpha value is -2.35. The van der Waals surface area contributed by atoms with Crippen LogP contribution in [0.25, 0.3) is 0 Å². The van der Waals surface area contributed by atoms with Crippen LogP contribution in [0.2, 0.25) is 5.15 Å². The highest BCUT2D eigenvalue weighted by Crippen LogP contribution is 2.41. The average molecular weight is 344 g/mol. The van der Waals surface area contributed by atoms with Gasteiger partial charge in [0.15, 0.2) is 11.5 Å². The summed E-state index contributed by atoms with van der Waals surface area (Å²) in [5.41, 5.74) is 0.810. The molecule has 0 amide bonds. The summed E-state index contributed by atoms with van der Waals surface area (Å²) in [5.74, 6) is 0.562. The van der Waals surface area contributed by atoms with Gasteiger partial charge < -0.3 is 19.5 Å². The monoisotopic (exact) mass is 343 g/mol. The van der Waals surface area contributed by atoms with Crippen molar-refractivity contribution in [3.63, 3.8) is 0 Å². The maximum absolute atomic E-state index is 13.0. The molecule has 0 fully saturated rings. The number of aromatic nitrogens is 2. The Kier molecular flexibility index (Phi) is 4.08. The van der Waals surface area contributed by atoms with E-state index in [0.717, 1.165) is 5.56 Å². The topological polar surface area (TPSA) is 65.5 Å². The fraction of sp³-hybridized carbons (Fsp3) is 0.286. The van der Waals surface area contributed by atoms with Crippen LogP contribution in [0.3, 0.4) is 0 Å². The van der Waals surface area contributed by atoms with Crippen molar-refractivity contribution in [3.8, 4) is 17.5 Å². The Bertz CT molecular complexity index is 730. The van der Waals surface area contributed by atoms with Gasteiger partial charge in [0.05, 0.1) is 7.11 Å². The molecule has 1 aliphatic heterocycles. The molecule has 6 nitrogen and oxygen atoms in total. The van der Waals surface area contributed by atoms with Crippen molar-refractivity contribution < 1.29 is 23.0 Å². The summed E-state index contributed by atoms with van der Waals surface area (Å²) >= 11 is 5.84. The fourth-order valence-electron chi connectivity index (χ4n) is 2.06. The molecule has 1 N–H and O–H groups in total. The zero-order valence-corrected chi connectivity index (χ0v) is 12.7. The highest BCUT2D eigenvalue weighted by Gasteiger charge is 2.43. The number of hydrogen-bond donors (Lipinski definition) is 1. The van der Waals surface area contributed by atoms with Gasteiger partial charge in [0.1, 0.15) is 11.0 Å². The summed E-state index contributed by atoms with van der Waals surface area (Å²) in [6.07, 6.45) is -3.04. The number of nitrogens with zero attached hydrogens (tertiary/aromatic N) is 2. The lowest BCUT2D eigenvalue weighted by Crippen LogP contribution is -2.25. The average Bonchev–Trinajstić information content (AvgIpc) is 2.79. The van der Waals surface area contributed by atoms with Gasteiger partial charge in [0, 0.05) is 12.6 Å². The Balaban J connectivity index is 1.61. The van der Waals surface area contributed by atoms with Gasteiger partial charge in [-0.25, -0.2) is 0 Å². The zero-order valence-electron chi connectivity index (χ0n) is 12.0. The Morgan fingerprint density at radius 1 is 1.22 bits per heavy atom. The molecule has 0 atom stereocenters. The number of rotatable bonds is 5. The van der Waals surface area contributed by atoms with Crippen LogP contribution in [0, 0.1) is 0 Å². The minimum Gasteiger partial charge on any atom is -0.467 e. The van der Waals surface area contributed by atoms with Crippen molar-refractivity contribution in [2.45, 2.75) is 12.7 Å². The molecule has 0 bridgehead atoms. The van der Waals surface area contributed by atoms with Crippen molar-refractivity contribution >= 4 is 17.4 Å². The molecule has 1 aliphatic rings. The first-order valence-corrected chi connectivity index (χ1v) is 7.04. The quantitative estimate of drug-likeness (QED) is 0.841. The smallest absolute Gasteiger partial charge is 0.467 e. The second-order valence-corrected chi connectivity index (χ2v) is 5.08. The van der Waals surface area contributed by atoms with E-state index in [0.29, 0.717) is 18.8 Å². The number of ether oxygens (including phenoxy) is 3. The van der Waals surface area contributed by atoms with E-state index in [1.807, 2.05) is 0 Å². The van der Waals surface area contributed by atoms with E-state index in [1.54, 1.807) is 12.1 Å². The van der Waals surface area contributed by atoms with Crippen LogP contribution in [0.15, 0.2) is 24.3 Å². The molecule has 23 heavy (non-hydrogen) atoms. The lowest BCUT2D eigenvalue weighted by Gasteiger charge is -2.07. The first-order valence-electron chi connectivity index (χ1n) is 6.66. The molecule has 0 radical (unpaired) electrons. The maximum atomic E-state index is 13.0. The number of benzene rings is 1. The summed E-state index contributed by atoms with van der Waals surface area (Å²) in [5, 5.41) is 3.31. The molecule has 1 aromatic carbocycles. The fourth-order valence-corrected chi connectivity index (χ4v) is 2.24. The molecule has 2 aromatic rings. The van der Waals surface area contributed by atoms with E-state index in [4.69, 9.17) is 16.3 Å². The van der Waals surface area contributed by atoms with Crippen LogP contribution < -0.4 is 19.5 Å². The van der Waals surface area contributed by atoms with Crippen LogP contribution >= 0.6 is 11.6 Å². The normalized spacial score (nSPS) is 14.6. The van der Waals surface area contributed by atoms with Gasteiger partial charge in [0.2, 0.25) is 0 Å². The third-order valence-electron chi connectivity index (χ3n) is 3.04. The standard InChI is InChI=1S/C14H12ClF2N3O3/c1-21-13-19-11(15)7-12(20-13)18-5-4-8-2-3-9-10(6-8)23-14(16,17)22-9/h2-3,6-7H,4-5H2,1H3,(H,18,19,20). The van der Waals surface area contributed by atoms with E-state index in [1.165, 1.54) is 19.2 Å². The van der Waals surface area contributed by atoms with Crippen molar-refractivity contribution in [1.29, 1.82) is 0 Å². The third-order valence-corrected chi connectivity index (χ3v) is 3.24. The molecule has 0 unspecified atom stereocenters. The van der Waals surface area contributed by atoms with E-state index in [2.05, 4.69) is 24.8 Å². The molecule has 1 aromatic heterocycles. The van der Waals surface area contributed by atoms with Crippen LogP contribution in [0.5, 0.6) is 17.5 Å². The van der Waals surface area contributed by atoms with Crippen LogP contribution in [0.1, 0.15) is 5.56 Å². The number of anilines is 1. The summed E-state index contributed by atoms with van der Waals surface area (Å²) in [4.78, 5) is 7.95. The van der Waals surface area contributed by atoms with Crippen molar-refractivity contribution in [2.24, 2.45) is 0 Å². The van der Waals surface area contributed by atoms with Gasteiger partial charge in [-0.05, 0) is 24.1 Å². The Morgan fingerprint density at radius 2 is 2.00 bits per heavy atom. The number of methoxy groups -OCH3 is 1. The molecular formula is C14H12ClF2N3O3. The minimum atomic E-state index is -3.60. The van der Waals surface area contributed by atoms with Crippen LogP contribution in [0.4, 0.5) is 14.6 Å². The number of fused-ring (bicyclic) bond motifs is 1. The molecule has 0 aliphatic carbocycles. The Labute approximate surface area is 135 Å². The Morgan fingerprint density at radius 3 is 2.78 bits per heavy atom. The van der Waals surface area contributed by atoms with E-state index in [9.17, 15) is 8.78 Å². The lowest BCUT2D eigenvalue weighted by molar-refractivity contribution is -0.286. The predicted molar refractivity (Wildman–Crippen MR) is 78.4 cm³/mol. The largest absolute Gasteiger partial charge is 0.586 e. The number of halogens is 3. The van der Waals surface area contributed by atoms with Crippen LogP contribution in [-0.4, -0.2) is 29.9 Å². The number of nitrogens with one attached hydrogen (secondary N) is 1. The predicted octanol–water partition coefficient (Wildman–Crippen LogP) is 3.11. The second-order valence-electron chi connectivity index (χ2n) is 4.69. The summed E-state index contributed by atoms with van der Waals surface area (Å²) in [7, 11) is 1.44. The molecule has 3 rings (SSSR count). The third kappa shape index (κ3) is 3.70. The van der Waals surface area contributed by atoms with E-state index < -0.39 is 6.29 Å². The summed E-state index contributed by atoms with van der Waals surface area (Å²) in [6.45, 7) is 0.506. The summed E-state index contributed by atoms with van der Waals surface area (Å²) in [6, 6.07) is 6.38. The molecular weight excluding hydrogens is 332 g/mol. The number of hydrogen-bond acceptors (Lipinski definition) is 6. The molecule has 0 spiro atoms. The number of alkyl halides is 2. The van der Waals surface area contributed by atoms with Gasteiger partial charge in [-0.1, -0.05) is 17.7 Å². The van der Waals surface area contributed by atoms with Gasteiger partial charge in [-0.15, -0.1) is 8.78 Å². The van der Waals surface area contributed by atoms with Gasteiger partial charge >= 0.3 is 12.3 Å². The van der Waals surface area contributed by atoms with E-state index in [-0.39, 0.29) is 22.7 Å². The van der Waals surface area contributed by atoms with Gasteiger partial charge in [-0.2, -0.15) is 9.97 Å². The first-order chi connectivity index (χ1) is 10.9. The van der Waals surface area contributed by atoms with Gasteiger partial charge in [0.25, 0.3) is 0 Å². The van der Waals surface area contributed by atoms with Crippen molar-refractivity contribution in [2.75, 3.05) is 19.0 Å². The summed E-state index contributed by atoms with van der Waals surface area (Å²) < 4.78 is 39.6. The van der Waals surface area contributed by atoms with Crippen molar-refractivity contribution in [1.82, 2.24) is 9.97 Å². The molecule has 122 valence electrons. The second kappa shape index (κ2) is 6.04. The minimum absolute atomic E-state index is 0.0269. The molecule has 9 heteroatoms. The highest BCUT2D eigenvalue weighted by molar-refractivity contribution is 6.29. The molecule has 0 saturated carbocycles. The molecule has 0 saturated heterocycles. The maximum Gasteiger partial charge on any atom is 0.586 e. The zero-order chi connectivity index (χ0) is 16.4. The van der Waals surface area contributed by atoms with E-state index >= 15 is 0 Å². The first kappa shape index (κ1) is 15.5. The van der Waals surface area contributed by atoms with Gasteiger partial charge in [-0.3, -0.25) is 0 Å². The SMILES string of the molecule is COc1nc(Cl)cc(NCCc2ccc3c(c2)OC(F)(F)O3)n1.